The smallest absolute Gasteiger partial charge is 0.243 e. The van der Waals surface area contributed by atoms with Crippen LogP contribution in [0.5, 0.6) is 11.5 Å². The molecular weight excluding hydrogens is 380 g/mol. The predicted molar refractivity (Wildman–Crippen MR) is 108 cm³/mol. The summed E-state index contributed by atoms with van der Waals surface area (Å²) in [5.74, 6) is 0.734. The fraction of sp³-hybridized carbons (Fsp3) is 0.350. The summed E-state index contributed by atoms with van der Waals surface area (Å²) in [4.78, 5) is 11.5. The maximum atomic E-state index is 13.3. The molecule has 0 radical (unpaired) electrons. The monoisotopic (exact) mass is 406 g/mol. The number of carbonyl (C=O) groups is 1. The SMILES string of the molecule is CCN(C(C)c1cccc(OC)c1)S(=O)(=O)c1ccc(OC)c(NC(C)=O)c1. The molecule has 0 aromatic heterocycles. The maximum Gasteiger partial charge on any atom is 0.243 e. The van der Waals surface area contributed by atoms with Gasteiger partial charge in [-0.3, -0.25) is 4.79 Å². The van der Waals surface area contributed by atoms with Crippen LogP contribution in [0.3, 0.4) is 0 Å². The second-order valence-corrected chi connectivity index (χ2v) is 8.09. The number of hydrogen-bond acceptors (Lipinski definition) is 5. The molecular formula is C20H26N2O5S. The zero-order chi connectivity index (χ0) is 20.9. The van der Waals surface area contributed by atoms with Crippen LogP contribution in [-0.4, -0.2) is 39.4 Å². The predicted octanol–water partition coefficient (Wildman–Crippen LogP) is 3.43. The second kappa shape index (κ2) is 9.07. The van der Waals surface area contributed by atoms with Gasteiger partial charge in [0.05, 0.1) is 24.8 Å². The summed E-state index contributed by atoms with van der Waals surface area (Å²) in [7, 11) is -0.791. The zero-order valence-corrected chi connectivity index (χ0v) is 17.5. The highest BCUT2D eigenvalue weighted by Gasteiger charge is 2.29. The molecule has 152 valence electrons. The fourth-order valence-corrected chi connectivity index (χ4v) is 4.65. The van der Waals surface area contributed by atoms with Gasteiger partial charge in [0.25, 0.3) is 0 Å². The molecule has 2 aromatic carbocycles. The normalized spacial score (nSPS) is 12.5. The third kappa shape index (κ3) is 4.63. The van der Waals surface area contributed by atoms with Crippen LogP contribution in [0.25, 0.3) is 0 Å². The van der Waals surface area contributed by atoms with Crippen molar-refractivity contribution in [3.63, 3.8) is 0 Å². The van der Waals surface area contributed by atoms with E-state index in [4.69, 9.17) is 9.47 Å². The number of methoxy groups -OCH3 is 2. The standard InChI is InChI=1S/C20H26N2O5S/c1-6-22(14(2)16-8-7-9-17(12-16)26-4)28(24,25)18-10-11-20(27-5)19(13-18)21-15(3)23/h7-14H,6H2,1-5H3,(H,21,23). The lowest BCUT2D eigenvalue weighted by molar-refractivity contribution is -0.114. The topological polar surface area (TPSA) is 84.9 Å². The van der Waals surface area contributed by atoms with Crippen LogP contribution in [0.2, 0.25) is 0 Å². The zero-order valence-electron chi connectivity index (χ0n) is 16.7. The Morgan fingerprint density at radius 3 is 2.43 bits per heavy atom. The van der Waals surface area contributed by atoms with Gasteiger partial charge in [-0.15, -0.1) is 0 Å². The molecule has 1 atom stereocenters. The minimum Gasteiger partial charge on any atom is -0.497 e. The summed E-state index contributed by atoms with van der Waals surface area (Å²) in [5.41, 5.74) is 1.13. The molecule has 1 N–H and O–H groups in total. The summed E-state index contributed by atoms with van der Waals surface area (Å²) in [6.07, 6.45) is 0. The van der Waals surface area contributed by atoms with Crippen LogP contribution in [0.1, 0.15) is 32.4 Å². The van der Waals surface area contributed by atoms with E-state index in [0.717, 1.165) is 5.56 Å². The Hall–Kier alpha value is -2.58. The Morgan fingerprint density at radius 2 is 1.86 bits per heavy atom. The Labute approximate surface area is 166 Å². The molecule has 0 aliphatic heterocycles. The third-order valence-corrected chi connectivity index (χ3v) is 6.45. The van der Waals surface area contributed by atoms with Crippen LogP contribution in [0.4, 0.5) is 5.69 Å². The van der Waals surface area contributed by atoms with E-state index in [1.807, 2.05) is 31.2 Å². The van der Waals surface area contributed by atoms with E-state index >= 15 is 0 Å². The van der Waals surface area contributed by atoms with E-state index in [9.17, 15) is 13.2 Å². The fourth-order valence-electron chi connectivity index (χ4n) is 2.99. The van der Waals surface area contributed by atoms with Crippen LogP contribution in [-0.2, 0) is 14.8 Å². The Bertz CT molecular complexity index is 943. The molecule has 2 rings (SSSR count). The molecule has 7 nitrogen and oxygen atoms in total. The summed E-state index contributed by atoms with van der Waals surface area (Å²) in [6, 6.07) is 11.3. The van der Waals surface area contributed by atoms with E-state index < -0.39 is 16.1 Å². The van der Waals surface area contributed by atoms with Gasteiger partial charge in [0.2, 0.25) is 15.9 Å². The molecule has 0 saturated heterocycles. The van der Waals surface area contributed by atoms with Gasteiger partial charge in [-0.1, -0.05) is 19.1 Å². The highest BCUT2D eigenvalue weighted by molar-refractivity contribution is 7.89. The first-order chi connectivity index (χ1) is 13.2. The molecule has 0 aliphatic carbocycles. The number of nitrogens with zero attached hydrogens (tertiary/aromatic N) is 1. The Morgan fingerprint density at radius 1 is 1.14 bits per heavy atom. The van der Waals surface area contributed by atoms with Crippen molar-refractivity contribution in [1.82, 2.24) is 4.31 Å². The first kappa shape index (κ1) is 21.7. The number of hydrogen-bond donors (Lipinski definition) is 1. The largest absolute Gasteiger partial charge is 0.497 e. The van der Waals surface area contributed by atoms with Gasteiger partial charge in [-0.25, -0.2) is 8.42 Å². The lowest BCUT2D eigenvalue weighted by Gasteiger charge is -2.28. The molecule has 0 saturated carbocycles. The van der Waals surface area contributed by atoms with Crippen molar-refractivity contribution in [3.8, 4) is 11.5 Å². The van der Waals surface area contributed by atoms with Crippen LogP contribution in [0, 0.1) is 0 Å². The molecule has 1 amide bonds. The van der Waals surface area contributed by atoms with E-state index in [1.54, 1.807) is 14.0 Å². The average molecular weight is 407 g/mol. The summed E-state index contributed by atoms with van der Waals surface area (Å²) >= 11 is 0. The number of anilines is 1. The number of ether oxygens (including phenoxy) is 2. The van der Waals surface area contributed by atoms with Crippen LogP contribution in [0.15, 0.2) is 47.4 Å². The van der Waals surface area contributed by atoms with Crippen molar-refractivity contribution in [1.29, 1.82) is 0 Å². The van der Waals surface area contributed by atoms with Gasteiger partial charge >= 0.3 is 0 Å². The second-order valence-electron chi connectivity index (χ2n) is 6.20. The maximum absolute atomic E-state index is 13.3. The summed E-state index contributed by atoms with van der Waals surface area (Å²) in [6.45, 7) is 5.24. The van der Waals surface area contributed by atoms with E-state index in [-0.39, 0.29) is 17.3 Å². The molecule has 28 heavy (non-hydrogen) atoms. The van der Waals surface area contributed by atoms with Crippen LogP contribution < -0.4 is 14.8 Å². The number of nitrogens with one attached hydrogen (secondary N) is 1. The number of benzene rings is 2. The first-order valence-corrected chi connectivity index (χ1v) is 10.3. The van der Waals surface area contributed by atoms with Gasteiger partial charge in [-0.05, 0) is 42.8 Å². The van der Waals surface area contributed by atoms with Gasteiger partial charge < -0.3 is 14.8 Å². The first-order valence-electron chi connectivity index (χ1n) is 8.86. The van der Waals surface area contributed by atoms with Crippen molar-refractivity contribution < 1.29 is 22.7 Å². The quantitative estimate of drug-likeness (QED) is 0.726. The van der Waals surface area contributed by atoms with Crippen molar-refractivity contribution in [2.75, 3.05) is 26.1 Å². The lowest BCUT2D eigenvalue weighted by atomic mass is 10.1. The molecule has 0 aliphatic rings. The molecule has 0 bridgehead atoms. The number of sulfonamides is 1. The van der Waals surface area contributed by atoms with Crippen molar-refractivity contribution in [3.05, 3.63) is 48.0 Å². The Kier molecular flexibility index (Phi) is 7.04. The van der Waals surface area contributed by atoms with Crippen LogP contribution >= 0.6 is 0 Å². The number of carbonyl (C=O) groups excluding carboxylic acids is 1. The van der Waals surface area contributed by atoms with E-state index in [2.05, 4.69) is 5.32 Å². The highest BCUT2D eigenvalue weighted by Crippen LogP contribution is 2.33. The van der Waals surface area contributed by atoms with Crippen molar-refractivity contribution >= 4 is 21.6 Å². The van der Waals surface area contributed by atoms with Gasteiger partial charge in [0.1, 0.15) is 11.5 Å². The average Bonchev–Trinajstić information content (AvgIpc) is 2.67. The molecule has 2 aromatic rings. The minimum atomic E-state index is -3.82. The van der Waals surface area contributed by atoms with Gasteiger partial charge in [0.15, 0.2) is 0 Å². The van der Waals surface area contributed by atoms with Crippen molar-refractivity contribution in [2.24, 2.45) is 0 Å². The van der Waals surface area contributed by atoms with E-state index in [0.29, 0.717) is 17.2 Å². The number of amides is 1. The van der Waals surface area contributed by atoms with Gasteiger partial charge in [-0.2, -0.15) is 4.31 Å². The lowest BCUT2D eigenvalue weighted by Crippen LogP contribution is -2.33. The Balaban J connectivity index is 2.46. The summed E-state index contributed by atoms with van der Waals surface area (Å²) < 4.78 is 38.5. The molecule has 0 fully saturated rings. The molecule has 1 unspecified atom stereocenters. The van der Waals surface area contributed by atoms with E-state index in [1.165, 1.54) is 36.5 Å². The van der Waals surface area contributed by atoms with Gasteiger partial charge in [0, 0.05) is 19.5 Å². The third-order valence-electron chi connectivity index (χ3n) is 4.41. The highest BCUT2D eigenvalue weighted by atomic mass is 32.2. The molecule has 8 heteroatoms. The summed E-state index contributed by atoms with van der Waals surface area (Å²) in [5, 5.41) is 2.61. The molecule has 0 heterocycles. The number of rotatable bonds is 8. The minimum absolute atomic E-state index is 0.0775. The molecule has 0 spiro atoms. The van der Waals surface area contributed by atoms with Crippen molar-refractivity contribution in [2.45, 2.75) is 31.7 Å².